The molecule has 1 unspecified atom stereocenters. The van der Waals surface area contributed by atoms with Crippen LogP contribution in [0.2, 0.25) is 0 Å². The monoisotopic (exact) mass is 233 g/mol. The molecule has 0 amide bonds. The molecular weight excluding hydrogens is 222 g/mol. The van der Waals surface area contributed by atoms with Crippen molar-refractivity contribution in [1.29, 1.82) is 0 Å². The van der Waals surface area contributed by atoms with Gasteiger partial charge in [0, 0.05) is 6.07 Å². The van der Waals surface area contributed by atoms with Gasteiger partial charge in [0.15, 0.2) is 11.4 Å². The maximum Gasteiger partial charge on any atom is 0.224 e. The van der Waals surface area contributed by atoms with E-state index in [0.29, 0.717) is 5.69 Å². The van der Waals surface area contributed by atoms with E-state index in [-0.39, 0.29) is 5.69 Å². The molecule has 5 nitrogen and oxygen atoms in total. The van der Waals surface area contributed by atoms with Gasteiger partial charge in [-0.25, -0.2) is 0 Å². The van der Waals surface area contributed by atoms with Gasteiger partial charge in [-0.3, -0.25) is 0 Å². The molecule has 2 aromatic rings. The van der Waals surface area contributed by atoms with Crippen LogP contribution in [0.3, 0.4) is 0 Å². The Morgan fingerprint density at radius 1 is 0.824 bits per heavy atom. The molecular formula is C12H11NO4. The standard InChI is InChI=1S/C12H11NO4/c14-10-7-6-9(11(15)12(10)16)13(17)8-4-2-1-3-5-8/h1-7,13-16H. The van der Waals surface area contributed by atoms with Crippen LogP contribution < -0.4 is 5.06 Å². The van der Waals surface area contributed by atoms with E-state index in [1.165, 1.54) is 6.07 Å². The van der Waals surface area contributed by atoms with Gasteiger partial charge in [-0.05, 0) is 18.2 Å². The molecule has 0 fully saturated rings. The Hall–Kier alpha value is -2.24. The van der Waals surface area contributed by atoms with Crippen molar-refractivity contribution in [2.24, 2.45) is 0 Å². The molecule has 0 saturated carbocycles. The molecule has 0 saturated heterocycles. The van der Waals surface area contributed by atoms with E-state index in [0.717, 1.165) is 6.07 Å². The predicted molar refractivity (Wildman–Crippen MR) is 61.5 cm³/mol. The van der Waals surface area contributed by atoms with Crippen LogP contribution in [0.25, 0.3) is 0 Å². The summed E-state index contributed by atoms with van der Waals surface area (Å²) in [6.07, 6.45) is 0. The van der Waals surface area contributed by atoms with Crippen molar-refractivity contribution in [2.75, 3.05) is 0 Å². The van der Waals surface area contributed by atoms with Crippen LogP contribution in [0.5, 0.6) is 17.2 Å². The molecule has 17 heavy (non-hydrogen) atoms. The van der Waals surface area contributed by atoms with Crippen molar-refractivity contribution in [3.05, 3.63) is 47.7 Å². The van der Waals surface area contributed by atoms with Crippen molar-refractivity contribution < 1.29 is 20.4 Å². The summed E-state index contributed by atoms with van der Waals surface area (Å²) in [5.41, 5.74) is 0.347. The van der Waals surface area contributed by atoms with Crippen molar-refractivity contribution in [2.45, 2.75) is 0 Å². The van der Waals surface area contributed by atoms with E-state index in [4.69, 9.17) is 5.11 Å². The van der Waals surface area contributed by atoms with E-state index >= 15 is 0 Å². The lowest BCUT2D eigenvalue weighted by Gasteiger charge is -2.22. The van der Waals surface area contributed by atoms with Crippen LogP contribution in [0.1, 0.15) is 0 Å². The highest BCUT2D eigenvalue weighted by molar-refractivity contribution is 5.61. The number of nitrogens with one attached hydrogen (secondary N) is 1. The Morgan fingerprint density at radius 2 is 1.47 bits per heavy atom. The summed E-state index contributed by atoms with van der Waals surface area (Å²) >= 11 is 0. The van der Waals surface area contributed by atoms with Gasteiger partial charge in [0.05, 0.1) is 0 Å². The van der Waals surface area contributed by atoms with Gasteiger partial charge in [0.25, 0.3) is 0 Å². The second kappa shape index (κ2) is 4.32. The highest BCUT2D eigenvalue weighted by Crippen LogP contribution is 2.38. The van der Waals surface area contributed by atoms with Gasteiger partial charge in [-0.2, -0.15) is 0 Å². The Bertz CT molecular complexity index is 528. The zero-order valence-electron chi connectivity index (χ0n) is 8.79. The first-order valence-corrected chi connectivity index (χ1v) is 4.95. The second-order valence-corrected chi connectivity index (χ2v) is 3.52. The minimum atomic E-state index is -0.688. The van der Waals surface area contributed by atoms with Gasteiger partial charge in [-0.1, -0.05) is 18.2 Å². The van der Waals surface area contributed by atoms with Crippen molar-refractivity contribution in [1.82, 2.24) is 0 Å². The average Bonchev–Trinajstić information content (AvgIpc) is 2.36. The summed E-state index contributed by atoms with van der Waals surface area (Å²) in [4.78, 5) is 0. The molecule has 2 aromatic carbocycles. The number of quaternary nitrogens is 1. The molecule has 0 heterocycles. The Morgan fingerprint density at radius 3 is 2.12 bits per heavy atom. The quantitative estimate of drug-likeness (QED) is 0.356. The summed E-state index contributed by atoms with van der Waals surface area (Å²) < 4.78 is 0. The number of aromatic hydroxyl groups is 3. The summed E-state index contributed by atoms with van der Waals surface area (Å²) in [6.45, 7) is 0. The van der Waals surface area contributed by atoms with E-state index < -0.39 is 22.3 Å². The SMILES string of the molecule is [O-][NH+](c1ccccc1)c1ccc(O)c(O)c1O. The first-order valence-electron chi connectivity index (χ1n) is 4.95. The number of phenols is 3. The molecule has 0 spiro atoms. The fraction of sp³-hybridized carbons (Fsp3) is 0. The molecule has 0 radical (unpaired) electrons. The number of hydrogen-bond acceptors (Lipinski definition) is 4. The van der Waals surface area contributed by atoms with Crippen molar-refractivity contribution in [3.63, 3.8) is 0 Å². The molecule has 0 aliphatic carbocycles. The maximum absolute atomic E-state index is 12.0. The van der Waals surface area contributed by atoms with Crippen LogP contribution >= 0.6 is 0 Å². The van der Waals surface area contributed by atoms with Crippen molar-refractivity contribution >= 4 is 11.4 Å². The minimum Gasteiger partial charge on any atom is -0.623 e. The zero-order chi connectivity index (χ0) is 12.4. The molecule has 0 bridgehead atoms. The van der Waals surface area contributed by atoms with Crippen LogP contribution in [0.4, 0.5) is 11.4 Å². The van der Waals surface area contributed by atoms with Crippen molar-refractivity contribution in [3.8, 4) is 17.2 Å². The smallest absolute Gasteiger partial charge is 0.224 e. The van der Waals surface area contributed by atoms with Gasteiger partial charge in [0.2, 0.25) is 11.5 Å². The zero-order valence-corrected chi connectivity index (χ0v) is 8.79. The normalized spacial score (nSPS) is 12.3. The molecule has 0 aromatic heterocycles. The third-order valence-electron chi connectivity index (χ3n) is 2.41. The summed E-state index contributed by atoms with van der Waals surface area (Å²) in [5.74, 6) is -1.77. The lowest BCUT2D eigenvalue weighted by atomic mass is 10.2. The van der Waals surface area contributed by atoms with Crippen LogP contribution in [0, 0.1) is 5.21 Å². The second-order valence-electron chi connectivity index (χ2n) is 3.52. The van der Waals surface area contributed by atoms with Crippen LogP contribution in [0.15, 0.2) is 42.5 Å². The Kier molecular flexibility index (Phi) is 2.86. The van der Waals surface area contributed by atoms with E-state index in [1.54, 1.807) is 30.3 Å². The molecule has 1 atom stereocenters. The topological polar surface area (TPSA) is 88.2 Å². The largest absolute Gasteiger partial charge is 0.623 e. The fourth-order valence-electron chi connectivity index (χ4n) is 1.50. The first kappa shape index (κ1) is 11.3. The highest BCUT2D eigenvalue weighted by Gasteiger charge is 2.17. The van der Waals surface area contributed by atoms with Gasteiger partial charge in [-0.15, -0.1) is 0 Å². The average molecular weight is 233 g/mol. The number of rotatable bonds is 2. The van der Waals surface area contributed by atoms with E-state index in [2.05, 4.69) is 0 Å². The Labute approximate surface area is 97.4 Å². The molecule has 88 valence electrons. The van der Waals surface area contributed by atoms with Crippen LogP contribution in [-0.4, -0.2) is 15.3 Å². The highest BCUT2D eigenvalue weighted by atomic mass is 16.5. The van der Waals surface area contributed by atoms with E-state index in [9.17, 15) is 15.4 Å². The first-order chi connectivity index (χ1) is 8.11. The Balaban J connectivity index is 2.45. The third-order valence-corrected chi connectivity index (χ3v) is 2.41. The lowest BCUT2D eigenvalue weighted by molar-refractivity contribution is -0.698. The number of para-hydroxylation sites is 1. The molecule has 2 rings (SSSR count). The molecule has 4 N–H and O–H groups in total. The summed E-state index contributed by atoms with van der Waals surface area (Å²) in [6, 6.07) is 10.8. The molecule has 0 aliphatic heterocycles. The number of phenolic OH excluding ortho intramolecular Hbond substituents is 3. The van der Waals surface area contributed by atoms with Gasteiger partial charge < -0.3 is 25.6 Å². The predicted octanol–water partition coefficient (Wildman–Crippen LogP) is 1.15. The fourth-order valence-corrected chi connectivity index (χ4v) is 1.50. The third kappa shape index (κ3) is 2.01. The molecule has 5 heteroatoms. The number of benzene rings is 2. The van der Waals surface area contributed by atoms with Gasteiger partial charge in [0.1, 0.15) is 5.69 Å². The minimum absolute atomic E-state index is 0.0495. The lowest BCUT2D eigenvalue weighted by Crippen LogP contribution is -2.96. The van der Waals surface area contributed by atoms with Crippen LogP contribution in [-0.2, 0) is 0 Å². The molecule has 0 aliphatic rings. The van der Waals surface area contributed by atoms with Gasteiger partial charge >= 0.3 is 0 Å². The summed E-state index contributed by atoms with van der Waals surface area (Å²) in [7, 11) is 0. The summed E-state index contributed by atoms with van der Waals surface area (Å²) in [5, 5.41) is 39.6. The number of hydrogen-bond donors (Lipinski definition) is 4. The van der Waals surface area contributed by atoms with E-state index in [1.807, 2.05) is 0 Å². The maximum atomic E-state index is 12.0.